The fourth-order valence-corrected chi connectivity index (χ4v) is 1.96. The summed E-state index contributed by atoms with van der Waals surface area (Å²) in [6, 6.07) is 9.37. The van der Waals surface area contributed by atoms with Gasteiger partial charge >= 0.3 is 0 Å². The lowest BCUT2D eigenvalue weighted by Gasteiger charge is -1.99. The SMILES string of the molecule is [C-]#[N+]c1ccc(-c2c[nH]n(-c3ccc(F)cn3)c2=O)cc1. The molecular formula is C15H9FN4O. The van der Waals surface area contributed by atoms with Gasteiger partial charge in [-0.1, -0.05) is 24.3 Å². The van der Waals surface area contributed by atoms with E-state index in [1.54, 1.807) is 30.5 Å². The third kappa shape index (κ3) is 2.32. The fraction of sp³-hybridized carbons (Fsp3) is 0. The van der Waals surface area contributed by atoms with E-state index in [2.05, 4.69) is 14.9 Å². The molecule has 102 valence electrons. The van der Waals surface area contributed by atoms with Crippen LogP contribution in [0, 0.1) is 12.4 Å². The largest absolute Gasteiger partial charge is 0.296 e. The van der Waals surface area contributed by atoms with E-state index in [-0.39, 0.29) is 5.56 Å². The molecule has 0 bridgehead atoms. The summed E-state index contributed by atoms with van der Waals surface area (Å²) in [4.78, 5) is 19.5. The molecule has 0 aliphatic rings. The minimum Gasteiger partial charge on any atom is -0.296 e. The summed E-state index contributed by atoms with van der Waals surface area (Å²) in [5.41, 5.74) is 1.38. The standard InChI is InChI=1S/C15H9FN4O/c1-17-12-5-2-10(3-6-12)13-9-19-20(15(13)21)14-7-4-11(16)8-18-14/h2-9,19H. The summed E-state index contributed by atoms with van der Waals surface area (Å²) in [5, 5.41) is 2.80. The predicted molar refractivity (Wildman–Crippen MR) is 75.8 cm³/mol. The average molecular weight is 280 g/mol. The van der Waals surface area contributed by atoms with Crippen LogP contribution in [0.1, 0.15) is 0 Å². The minimum absolute atomic E-state index is 0.287. The highest BCUT2D eigenvalue weighted by molar-refractivity contribution is 5.65. The van der Waals surface area contributed by atoms with Gasteiger partial charge in [0.25, 0.3) is 5.56 Å². The van der Waals surface area contributed by atoms with Gasteiger partial charge in [-0.2, -0.15) is 0 Å². The Morgan fingerprint density at radius 1 is 1.19 bits per heavy atom. The molecule has 21 heavy (non-hydrogen) atoms. The number of halogens is 1. The number of rotatable bonds is 2. The van der Waals surface area contributed by atoms with Gasteiger partial charge in [-0.25, -0.2) is 18.9 Å². The molecule has 5 nitrogen and oxygen atoms in total. The molecule has 0 spiro atoms. The first-order valence-corrected chi connectivity index (χ1v) is 6.09. The highest BCUT2D eigenvalue weighted by Gasteiger charge is 2.10. The zero-order chi connectivity index (χ0) is 14.8. The quantitative estimate of drug-likeness (QED) is 0.734. The van der Waals surface area contributed by atoms with E-state index < -0.39 is 5.82 Å². The number of pyridine rings is 1. The molecule has 1 aromatic carbocycles. The molecule has 2 heterocycles. The second kappa shape index (κ2) is 5.06. The number of aromatic amines is 1. The Morgan fingerprint density at radius 2 is 1.95 bits per heavy atom. The van der Waals surface area contributed by atoms with Gasteiger partial charge in [-0.05, 0) is 17.7 Å². The molecule has 0 aliphatic heterocycles. The molecule has 3 aromatic rings. The summed E-state index contributed by atoms with van der Waals surface area (Å²) in [5.74, 6) is -0.154. The molecule has 0 atom stereocenters. The van der Waals surface area contributed by atoms with Gasteiger partial charge < -0.3 is 0 Å². The van der Waals surface area contributed by atoms with Gasteiger partial charge in [-0.3, -0.25) is 9.89 Å². The van der Waals surface area contributed by atoms with Crippen molar-refractivity contribution in [2.45, 2.75) is 0 Å². The van der Waals surface area contributed by atoms with Crippen LogP contribution in [-0.4, -0.2) is 14.8 Å². The number of nitrogens with one attached hydrogen (secondary N) is 1. The van der Waals surface area contributed by atoms with E-state index in [4.69, 9.17) is 6.57 Å². The monoisotopic (exact) mass is 280 g/mol. The van der Waals surface area contributed by atoms with E-state index in [0.717, 1.165) is 6.20 Å². The Hall–Kier alpha value is -3.20. The zero-order valence-corrected chi connectivity index (χ0v) is 10.7. The van der Waals surface area contributed by atoms with Crippen molar-refractivity contribution in [1.82, 2.24) is 14.8 Å². The molecule has 0 fully saturated rings. The Labute approximate surface area is 119 Å². The Kier molecular flexibility index (Phi) is 3.09. The zero-order valence-electron chi connectivity index (χ0n) is 10.7. The molecule has 3 rings (SSSR count). The van der Waals surface area contributed by atoms with Crippen LogP contribution in [0.5, 0.6) is 0 Å². The molecule has 0 radical (unpaired) electrons. The molecule has 0 saturated heterocycles. The van der Waals surface area contributed by atoms with Crippen LogP contribution >= 0.6 is 0 Å². The van der Waals surface area contributed by atoms with Crippen LogP contribution in [-0.2, 0) is 0 Å². The van der Waals surface area contributed by atoms with Crippen LogP contribution in [0.3, 0.4) is 0 Å². The van der Waals surface area contributed by atoms with Crippen LogP contribution in [0.15, 0.2) is 53.6 Å². The van der Waals surface area contributed by atoms with E-state index in [1.165, 1.54) is 16.8 Å². The molecule has 0 unspecified atom stereocenters. The average Bonchev–Trinajstić information content (AvgIpc) is 2.90. The summed E-state index contributed by atoms with van der Waals surface area (Å²) in [6.07, 6.45) is 2.60. The number of hydrogen-bond donors (Lipinski definition) is 1. The first kappa shape index (κ1) is 12.8. The number of benzene rings is 1. The first-order valence-electron chi connectivity index (χ1n) is 6.09. The summed E-state index contributed by atoms with van der Waals surface area (Å²) < 4.78 is 14.1. The number of H-pyrrole nitrogens is 1. The van der Waals surface area contributed by atoms with Crippen LogP contribution < -0.4 is 5.56 Å². The van der Waals surface area contributed by atoms with Crippen molar-refractivity contribution in [1.29, 1.82) is 0 Å². The number of hydrogen-bond acceptors (Lipinski definition) is 2. The van der Waals surface area contributed by atoms with E-state index in [0.29, 0.717) is 22.6 Å². The Bertz CT molecular complexity index is 870. The van der Waals surface area contributed by atoms with Gasteiger partial charge in [0, 0.05) is 6.20 Å². The molecule has 2 aromatic heterocycles. The van der Waals surface area contributed by atoms with Crippen molar-refractivity contribution >= 4 is 5.69 Å². The fourth-order valence-electron chi connectivity index (χ4n) is 1.96. The molecule has 0 aliphatic carbocycles. The van der Waals surface area contributed by atoms with Crippen molar-refractivity contribution in [2.75, 3.05) is 0 Å². The van der Waals surface area contributed by atoms with Crippen molar-refractivity contribution in [3.8, 4) is 16.9 Å². The van der Waals surface area contributed by atoms with Crippen molar-refractivity contribution < 1.29 is 4.39 Å². The van der Waals surface area contributed by atoms with Gasteiger partial charge in [0.2, 0.25) is 0 Å². The third-order valence-corrected chi connectivity index (χ3v) is 3.02. The second-order valence-electron chi connectivity index (χ2n) is 4.32. The van der Waals surface area contributed by atoms with E-state index >= 15 is 0 Å². The summed E-state index contributed by atoms with van der Waals surface area (Å²) in [6.45, 7) is 6.91. The maximum atomic E-state index is 12.9. The third-order valence-electron chi connectivity index (χ3n) is 3.02. The Morgan fingerprint density at radius 3 is 2.57 bits per heavy atom. The molecular weight excluding hydrogens is 271 g/mol. The lowest BCUT2D eigenvalue weighted by molar-refractivity contribution is 0.618. The lowest BCUT2D eigenvalue weighted by Crippen LogP contribution is -2.16. The van der Waals surface area contributed by atoms with Crippen LogP contribution in [0.25, 0.3) is 21.8 Å². The van der Waals surface area contributed by atoms with Crippen LogP contribution in [0.4, 0.5) is 10.1 Å². The van der Waals surface area contributed by atoms with Gasteiger partial charge in [0.1, 0.15) is 5.82 Å². The topological polar surface area (TPSA) is 55.0 Å². The normalized spacial score (nSPS) is 10.3. The van der Waals surface area contributed by atoms with Crippen molar-refractivity contribution in [3.05, 3.63) is 76.4 Å². The van der Waals surface area contributed by atoms with E-state index in [1.807, 2.05) is 0 Å². The maximum Gasteiger partial charge on any atom is 0.280 e. The predicted octanol–water partition coefficient (Wildman–Crippen LogP) is 2.92. The van der Waals surface area contributed by atoms with Crippen molar-refractivity contribution in [2.24, 2.45) is 0 Å². The highest BCUT2D eigenvalue weighted by atomic mass is 19.1. The van der Waals surface area contributed by atoms with Crippen LogP contribution in [0.2, 0.25) is 0 Å². The lowest BCUT2D eigenvalue weighted by atomic mass is 10.1. The molecule has 1 N–H and O–H groups in total. The van der Waals surface area contributed by atoms with Gasteiger partial charge in [-0.15, -0.1) is 0 Å². The van der Waals surface area contributed by atoms with Gasteiger partial charge in [0.15, 0.2) is 11.5 Å². The molecule has 0 amide bonds. The molecule has 6 heteroatoms. The Balaban J connectivity index is 2.04. The molecule has 0 saturated carbocycles. The van der Waals surface area contributed by atoms with E-state index in [9.17, 15) is 9.18 Å². The second-order valence-corrected chi connectivity index (χ2v) is 4.32. The minimum atomic E-state index is -0.465. The van der Waals surface area contributed by atoms with Gasteiger partial charge in [0.05, 0.1) is 18.3 Å². The highest BCUT2D eigenvalue weighted by Crippen LogP contribution is 2.20. The first-order chi connectivity index (χ1) is 10.2. The van der Waals surface area contributed by atoms with Crippen molar-refractivity contribution in [3.63, 3.8) is 0 Å². The summed E-state index contributed by atoms with van der Waals surface area (Å²) in [7, 11) is 0. The smallest absolute Gasteiger partial charge is 0.280 e. The number of aromatic nitrogens is 3. The summed E-state index contributed by atoms with van der Waals surface area (Å²) >= 11 is 0. The maximum absolute atomic E-state index is 12.9. The number of nitrogens with zero attached hydrogens (tertiary/aromatic N) is 3.